The zero-order valence-corrected chi connectivity index (χ0v) is 19.8. The molecule has 0 radical (unpaired) electrons. The summed E-state index contributed by atoms with van der Waals surface area (Å²) in [4.78, 5) is 29.9. The Balaban J connectivity index is 1.47. The van der Waals surface area contributed by atoms with Crippen molar-refractivity contribution in [3.05, 3.63) is 36.4 Å². The number of sulfonamides is 1. The number of amides is 2. The Hall–Kier alpha value is -3.31. The van der Waals surface area contributed by atoms with Crippen LogP contribution < -0.4 is 24.6 Å². The van der Waals surface area contributed by atoms with Crippen LogP contribution in [0.3, 0.4) is 0 Å². The fourth-order valence-electron chi connectivity index (χ4n) is 4.59. The maximum Gasteiger partial charge on any atom is 0.250 e. The van der Waals surface area contributed by atoms with Crippen LogP contribution in [0.15, 0.2) is 41.3 Å². The average molecular weight is 487 g/mol. The molecule has 0 bridgehead atoms. The number of benzene rings is 2. The fourth-order valence-corrected chi connectivity index (χ4v) is 5.51. The van der Waals surface area contributed by atoms with Gasteiger partial charge in [0, 0.05) is 32.4 Å². The summed E-state index contributed by atoms with van der Waals surface area (Å²) in [6.07, 6.45) is 2.56. The summed E-state index contributed by atoms with van der Waals surface area (Å²) in [6.45, 7) is 0.596. The van der Waals surface area contributed by atoms with Crippen LogP contribution in [0.4, 0.5) is 17.1 Å². The van der Waals surface area contributed by atoms with Crippen LogP contribution in [0.2, 0.25) is 0 Å². The van der Waals surface area contributed by atoms with Gasteiger partial charge in [0.15, 0.2) is 11.5 Å². The number of anilines is 3. The van der Waals surface area contributed by atoms with E-state index in [1.54, 1.807) is 30.3 Å². The minimum Gasteiger partial charge on any atom is -0.454 e. The largest absolute Gasteiger partial charge is 0.454 e. The third-order valence-corrected chi connectivity index (χ3v) is 8.15. The second-order valence-corrected chi connectivity index (χ2v) is 10.8. The van der Waals surface area contributed by atoms with E-state index in [2.05, 4.69) is 5.32 Å². The lowest BCUT2D eigenvalue weighted by Crippen LogP contribution is -2.56. The Morgan fingerprint density at radius 3 is 2.68 bits per heavy atom. The molecular formula is C23H26N4O6S. The average Bonchev–Trinajstić information content (AvgIpc) is 3.29. The number of hydrogen-bond acceptors (Lipinski definition) is 7. The molecule has 11 heteroatoms. The molecule has 3 aliphatic rings. The number of hydrogen-bond donors (Lipinski definition) is 1. The molecule has 0 spiro atoms. The molecular weight excluding hydrogens is 460 g/mol. The van der Waals surface area contributed by atoms with Crippen LogP contribution in [0, 0.1) is 0 Å². The van der Waals surface area contributed by atoms with Gasteiger partial charge < -0.3 is 19.7 Å². The molecule has 0 aromatic heterocycles. The number of rotatable bonds is 5. The van der Waals surface area contributed by atoms with Crippen molar-refractivity contribution in [1.82, 2.24) is 4.31 Å². The van der Waals surface area contributed by atoms with Gasteiger partial charge in [-0.1, -0.05) is 0 Å². The molecule has 10 nitrogen and oxygen atoms in total. The molecule has 0 saturated carbocycles. The number of ether oxygens (including phenoxy) is 2. The van der Waals surface area contributed by atoms with Crippen molar-refractivity contribution in [3.8, 4) is 11.5 Å². The summed E-state index contributed by atoms with van der Waals surface area (Å²) < 4.78 is 37.3. The Bertz CT molecular complexity index is 1260. The van der Waals surface area contributed by atoms with Crippen LogP contribution in [0.1, 0.15) is 19.3 Å². The van der Waals surface area contributed by atoms with Crippen molar-refractivity contribution in [1.29, 1.82) is 0 Å². The molecule has 1 saturated heterocycles. The van der Waals surface area contributed by atoms with Gasteiger partial charge in [-0.15, -0.1) is 0 Å². The first-order valence-corrected chi connectivity index (χ1v) is 12.5. The predicted octanol–water partition coefficient (Wildman–Crippen LogP) is 2.01. The second-order valence-electron chi connectivity index (χ2n) is 8.68. The molecule has 0 unspecified atom stereocenters. The molecule has 5 rings (SSSR count). The van der Waals surface area contributed by atoms with Gasteiger partial charge in [-0.05, 0) is 49.6 Å². The van der Waals surface area contributed by atoms with Crippen LogP contribution in [0.25, 0.3) is 0 Å². The predicted molar refractivity (Wildman–Crippen MR) is 126 cm³/mol. The van der Waals surface area contributed by atoms with Gasteiger partial charge in [-0.3, -0.25) is 14.5 Å². The molecule has 0 aliphatic carbocycles. The highest BCUT2D eigenvalue weighted by Gasteiger charge is 2.40. The molecule has 34 heavy (non-hydrogen) atoms. The van der Waals surface area contributed by atoms with E-state index in [9.17, 15) is 18.0 Å². The van der Waals surface area contributed by atoms with Gasteiger partial charge in [0.2, 0.25) is 28.6 Å². The lowest BCUT2D eigenvalue weighted by Gasteiger charge is -2.45. The highest BCUT2D eigenvalue weighted by molar-refractivity contribution is 7.89. The van der Waals surface area contributed by atoms with Crippen LogP contribution >= 0.6 is 0 Å². The molecule has 3 aliphatic heterocycles. The van der Waals surface area contributed by atoms with Crippen LogP contribution in [0.5, 0.6) is 11.5 Å². The zero-order valence-electron chi connectivity index (χ0n) is 19.0. The van der Waals surface area contributed by atoms with Gasteiger partial charge in [-0.25, -0.2) is 12.7 Å². The maximum atomic E-state index is 13.5. The normalized spacial score (nSPS) is 19.1. The van der Waals surface area contributed by atoms with E-state index in [4.69, 9.17) is 9.47 Å². The third-order valence-electron chi connectivity index (χ3n) is 6.34. The number of carbonyl (C=O) groups is 2. The van der Waals surface area contributed by atoms with Crippen molar-refractivity contribution >= 4 is 38.9 Å². The first-order valence-electron chi connectivity index (χ1n) is 11.1. The highest BCUT2D eigenvalue weighted by Crippen LogP contribution is 2.41. The van der Waals surface area contributed by atoms with Crippen LogP contribution in [-0.4, -0.2) is 64.6 Å². The Kier molecular flexibility index (Phi) is 5.61. The lowest BCUT2D eigenvalue weighted by atomic mass is 9.96. The minimum absolute atomic E-state index is 0.0701. The molecule has 3 heterocycles. The van der Waals surface area contributed by atoms with Gasteiger partial charge in [0.25, 0.3) is 0 Å². The maximum absolute atomic E-state index is 13.5. The van der Waals surface area contributed by atoms with E-state index in [0.29, 0.717) is 35.8 Å². The highest BCUT2D eigenvalue weighted by atomic mass is 32.2. The summed E-state index contributed by atoms with van der Waals surface area (Å²) in [6, 6.07) is 9.48. The number of carbonyl (C=O) groups excluding carboxylic acids is 2. The van der Waals surface area contributed by atoms with Crippen molar-refractivity contribution in [2.24, 2.45) is 0 Å². The first-order chi connectivity index (χ1) is 16.3. The fraction of sp³-hybridized carbons (Fsp3) is 0.391. The minimum atomic E-state index is -3.71. The molecule has 1 N–H and O–H groups in total. The summed E-state index contributed by atoms with van der Waals surface area (Å²) in [7, 11) is -0.802. The van der Waals surface area contributed by atoms with E-state index in [1.807, 2.05) is 4.90 Å². The van der Waals surface area contributed by atoms with Gasteiger partial charge in [0.1, 0.15) is 12.6 Å². The summed E-state index contributed by atoms with van der Waals surface area (Å²) >= 11 is 0. The topological polar surface area (TPSA) is 108 Å². The number of nitrogens with one attached hydrogen (secondary N) is 1. The zero-order chi connectivity index (χ0) is 24.0. The Labute approximate surface area is 198 Å². The SMILES string of the molecule is CN(C)S(=O)(=O)c1ccc2c(c1)N(CC(=O)Nc1ccc3c(c1)OCO3)C(=O)[C@H]1CCCCN21. The van der Waals surface area contributed by atoms with E-state index < -0.39 is 15.9 Å². The Morgan fingerprint density at radius 2 is 1.88 bits per heavy atom. The Morgan fingerprint density at radius 1 is 1.09 bits per heavy atom. The quantitative estimate of drug-likeness (QED) is 0.689. The number of piperidine rings is 1. The molecule has 1 fully saturated rings. The van der Waals surface area contributed by atoms with Crippen LogP contribution in [-0.2, 0) is 19.6 Å². The number of nitrogens with zero attached hydrogens (tertiary/aromatic N) is 3. The lowest BCUT2D eigenvalue weighted by molar-refractivity contribution is -0.123. The van der Waals surface area contributed by atoms with Crippen molar-refractivity contribution in [3.63, 3.8) is 0 Å². The monoisotopic (exact) mass is 486 g/mol. The van der Waals surface area contributed by atoms with Crippen molar-refractivity contribution in [2.45, 2.75) is 30.2 Å². The standard InChI is InChI=1S/C23H26N4O6S/c1-25(2)34(30,31)16-7-8-17-19(12-16)27(23(29)18-5-3-4-10-26(17)18)13-22(28)24-15-6-9-20-21(11-15)33-14-32-20/h6-9,11-12,18H,3-5,10,13-14H2,1-2H3,(H,24,28)/t18-/m1/s1. The molecule has 2 aromatic rings. The first kappa shape index (κ1) is 22.5. The van der Waals surface area contributed by atoms with E-state index in [-0.39, 0.29) is 30.2 Å². The molecule has 1 atom stereocenters. The second kappa shape index (κ2) is 8.48. The number of fused-ring (bicyclic) bond motifs is 4. The van der Waals surface area contributed by atoms with E-state index in [1.165, 1.54) is 25.1 Å². The summed E-state index contributed by atoms with van der Waals surface area (Å²) in [5.74, 6) is 0.537. The van der Waals surface area contributed by atoms with Gasteiger partial charge in [-0.2, -0.15) is 0 Å². The van der Waals surface area contributed by atoms with E-state index >= 15 is 0 Å². The smallest absolute Gasteiger partial charge is 0.250 e. The molecule has 180 valence electrons. The molecule has 2 amide bonds. The third kappa shape index (κ3) is 3.84. The summed E-state index contributed by atoms with van der Waals surface area (Å²) in [5, 5.41) is 2.80. The summed E-state index contributed by atoms with van der Waals surface area (Å²) in [5.41, 5.74) is 1.70. The van der Waals surface area contributed by atoms with Crippen molar-refractivity contribution < 1.29 is 27.5 Å². The van der Waals surface area contributed by atoms with E-state index in [0.717, 1.165) is 22.8 Å². The van der Waals surface area contributed by atoms with Crippen molar-refractivity contribution in [2.75, 3.05) is 49.1 Å². The molecule has 2 aromatic carbocycles. The van der Waals surface area contributed by atoms with Gasteiger partial charge in [0.05, 0.1) is 16.3 Å². The van der Waals surface area contributed by atoms with Gasteiger partial charge >= 0.3 is 0 Å².